The molecule has 1 N–H and O–H groups in total. The number of piperazine rings is 1. The minimum atomic E-state index is 0.111. The molecule has 2 aliphatic rings. The summed E-state index contributed by atoms with van der Waals surface area (Å²) in [6, 6.07) is 19.2. The van der Waals surface area contributed by atoms with Crippen LogP contribution >= 0.6 is 0 Å². The lowest BCUT2D eigenvalue weighted by Gasteiger charge is -2.53. The molecule has 0 amide bonds. The fourth-order valence-corrected chi connectivity index (χ4v) is 4.71. The number of anilines is 1. The molecular weight excluding hydrogens is 308 g/mol. The normalized spacial score (nSPS) is 30.1. The Morgan fingerprint density at radius 1 is 1.00 bits per heavy atom. The summed E-state index contributed by atoms with van der Waals surface area (Å²) in [6.07, 6.45) is 1.14. The molecule has 2 fully saturated rings. The number of piperidine rings is 1. The highest BCUT2D eigenvalue weighted by Crippen LogP contribution is 2.43. The van der Waals surface area contributed by atoms with Gasteiger partial charge in [0.15, 0.2) is 0 Å². The van der Waals surface area contributed by atoms with Crippen molar-refractivity contribution in [2.45, 2.75) is 31.7 Å². The van der Waals surface area contributed by atoms with E-state index < -0.39 is 0 Å². The van der Waals surface area contributed by atoms with Gasteiger partial charge in [0.2, 0.25) is 0 Å². The number of fused-ring (bicyclic) bond motifs is 1. The highest BCUT2D eigenvalue weighted by atomic mass is 16.3. The van der Waals surface area contributed by atoms with Crippen molar-refractivity contribution in [3.63, 3.8) is 0 Å². The molecule has 2 heterocycles. The molecule has 4 rings (SSSR count). The van der Waals surface area contributed by atoms with Gasteiger partial charge in [-0.2, -0.15) is 0 Å². The molecule has 0 saturated carbocycles. The molecule has 0 aromatic heterocycles. The summed E-state index contributed by atoms with van der Waals surface area (Å²) in [5.41, 5.74) is 2.72. The molecule has 132 valence electrons. The summed E-state index contributed by atoms with van der Waals surface area (Å²) in [6.45, 7) is 9.22. The summed E-state index contributed by atoms with van der Waals surface area (Å²) >= 11 is 0. The van der Waals surface area contributed by atoms with Crippen molar-refractivity contribution >= 4 is 5.69 Å². The molecule has 2 aromatic carbocycles. The van der Waals surface area contributed by atoms with Crippen molar-refractivity contribution in [3.05, 3.63) is 60.2 Å². The molecule has 2 saturated heterocycles. The zero-order chi connectivity index (χ0) is 17.4. The highest BCUT2D eigenvalue weighted by molar-refractivity contribution is 5.47. The smallest absolute Gasteiger partial charge is 0.115 e. The summed E-state index contributed by atoms with van der Waals surface area (Å²) < 4.78 is 0. The Morgan fingerprint density at radius 3 is 2.56 bits per heavy atom. The van der Waals surface area contributed by atoms with Crippen molar-refractivity contribution in [1.29, 1.82) is 0 Å². The zero-order valence-corrected chi connectivity index (χ0v) is 15.2. The third-order valence-electron chi connectivity index (χ3n) is 6.49. The van der Waals surface area contributed by atoms with Gasteiger partial charge in [0, 0.05) is 37.9 Å². The predicted molar refractivity (Wildman–Crippen MR) is 103 cm³/mol. The van der Waals surface area contributed by atoms with Gasteiger partial charge < -0.3 is 10.0 Å². The summed E-state index contributed by atoms with van der Waals surface area (Å²) in [4.78, 5) is 5.20. The van der Waals surface area contributed by atoms with Gasteiger partial charge in [0.05, 0.1) is 0 Å². The molecule has 2 aromatic rings. The Bertz CT molecular complexity index is 732. The highest BCUT2D eigenvalue weighted by Gasteiger charge is 2.44. The first-order valence-electron chi connectivity index (χ1n) is 9.40. The predicted octanol–water partition coefficient (Wildman–Crippen LogP) is 3.88. The summed E-state index contributed by atoms with van der Waals surface area (Å²) in [5.74, 6) is 0.955. The average Bonchev–Trinajstić information content (AvgIpc) is 2.63. The number of para-hydroxylation sites is 1. The van der Waals surface area contributed by atoms with E-state index >= 15 is 0 Å². The Hall–Kier alpha value is -2.00. The van der Waals surface area contributed by atoms with Gasteiger partial charge in [0.25, 0.3) is 0 Å². The molecule has 0 aliphatic carbocycles. The van der Waals surface area contributed by atoms with E-state index in [-0.39, 0.29) is 5.41 Å². The molecule has 2 aliphatic heterocycles. The average molecular weight is 336 g/mol. The maximum absolute atomic E-state index is 9.95. The third-order valence-corrected chi connectivity index (χ3v) is 6.49. The fraction of sp³-hybridized carbons (Fsp3) is 0.455. The van der Waals surface area contributed by atoms with Gasteiger partial charge in [-0.1, -0.05) is 44.2 Å². The minimum absolute atomic E-state index is 0.111. The van der Waals surface area contributed by atoms with Crippen LogP contribution in [0.4, 0.5) is 5.69 Å². The van der Waals surface area contributed by atoms with Crippen LogP contribution in [0.1, 0.15) is 25.8 Å². The molecule has 0 bridgehead atoms. The van der Waals surface area contributed by atoms with E-state index in [0.29, 0.717) is 17.7 Å². The van der Waals surface area contributed by atoms with E-state index in [1.54, 1.807) is 6.07 Å². The van der Waals surface area contributed by atoms with Crippen molar-refractivity contribution in [2.75, 3.05) is 31.1 Å². The SMILES string of the molecule is CC1CN2CCN(c3ccccc3)CC2CC1(C)c1cccc(O)c1. The van der Waals surface area contributed by atoms with Gasteiger partial charge >= 0.3 is 0 Å². The second-order valence-electron chi connectivity index (χ2n) is 8.00. The standard InChI is InChI=1S/C22H28N2O/c1-17-15-23-11-12-24(19-8-4-3-5-9-19)16-20(23)14-22(17,2)18-7-6-10-21(25)13-18/h3-10,13,17,20,25H,11-12,14-16H2,1-2H3. The fourth-order valence-electron chi connectivity index (χ4n) is 4.71. The van der Waals surface area contributed by atoms with Crippen LogP contribution in [0, 0.1) is 5.92 Å². The molecule has 3 atom stereocenters. The van der Waals surface area contributed by atoms with Gasteiger partial charge in [-0.3, -0.25) is 4.90 Å². The van der Waals surface area contributed by atoms with Crippen LogP contribution in [0.2, 0.25) is 0 Å². The number of benzene rings is 2. The second kappa shape index (κ2) is 6.38. The van der Waals surface area contributed by atoms with E-state index in [4.69, 9.17) is 0 Å². The zero-order valence-electron chi connectivity index (χ0n) is 15.2. The molecule has 0 spiro atoms. The van der Waals surface area contributed by atoms with E-state index in [1.165, 1.54) is 11.3 Å². The summed E-state index contributed by atoms with van der Waals surface area (Å²) in [5, 5.41) is 9.95. The number of phenolic OH excluding ortho intramolecular Hbond substituents is 1. The number of aromatic hydroxyl groups is 1. The Labute approximate surface area is 150 Å². The van der Waals surface area contributed by atoms with Gasteiger partial charge in [-0.25, -0.2) is 0 Å². The van der Waals surface area contributed by atoms with Gasteiger partial charge in [0.1, 0.15) is 5.75 Å². The number of rotatable bonds is 2. The molecule has 3 unspecified atom stereocenters. The van der Waals surface area contributed by atoms with Crippen LogP contribution in [0.15, 0.2) is 54.6 Å². The Balaban J connectivity index is 1.58. The van der Waals surface area contributed by atoms with E-state index in [2.05, 4.69) is 60.0 Å². The van der Waals surface area contributed by atoms with Crippen LogP contribution in [-0.4, -0.2) is 42.2 Å². The third kappa shape index (κ3) is 3.02. The first-order valence-corrected chi connectivity index (χ1v) is 9.40. The van der Waals surface area contributed by atoms with Crippen LogP contribution in [0.5, 0.6) is 5.75 Å². The van der Waals surface area contributed by atoms with Crippen molar-refractivity contribution < 1.29 is 5.11 Å². The quantitative estimate of drug-likeness (QED) is 0.901. The van der Waals surface area contributed by atoms with E-state index in [0.717, 1.165) is 32.6 Å². The van der Waals surface area contributed by atoms with E-state index in [1.807, 2.05) is 12.1 Å². The first kappa shape index (κ1) is 16.5. The number of phenols is 1. The van der Waals surface area contributed by atoms with E-state index in [9.17, 15) is 5.11 Å². The van der Waals surface area contributed by atoms with Crippen LogP contribution < -0.4 is 4.90 Å². The number of hydrogen-bond donors (Lipinski definition) is 1. The molecular formula is C22H28N2O. The largest absolute Gasteiger partial charge is 0.508 e. The Kier molecular flexibility index (Phi) is 4.20. The molecule has 3 heteroatoms. The van der Waals surface area contributed by atoms with Crippen LogP contribution in [-0.2, 0) is 5.41 Å². The number of hydrogen-bond acceptors (Lipinski definition) is 3. The molecule has 25 heavy (non-hydrogen) atoms. The van der Waals surface area contributed by atoms with Crippen molar-refractivity contribution in [3.8, 4) is 5.75 Å². The van der Waals surface area contributed by atoms with Crippen LogP contribution in [0.25, 0.3) is 0 Å². The maximum Gasteiger partial charge on any atom is 0.115 e. The number of nitrogens with zero attached hydrogens (tertiary/aromatic N) is 2. The maximum atomic E-state index is 9.95. The lowest BCUT2D eigenvalue weighted by atomic mass is 9.65. The first-order chi connectivity index (χ1) is 12.1. The Morgan fingerprint density at radius 2 is 1.80 bits per heavy atom. The van der Waals surface area contributed by atoms with Crippen molar-refractivity contribution in [1.82, 2.24) is 4.90 Å². The van der Waals surface area contributed by atoms with Gasteiger partial charge in [-0.05, 0) is 47.6 Å². The topological polar surface area (TPSA) is 26.7 Å². The van der Waals surface area contributed by atoms with Crippen molar-refractivity contribution in [2.24, 2.45) is 5.92 Å². The minimum Gasteiger partial charge on any atom is -0.508 e. The van der Waals surface area contributed by atoms with Gasteiger partial charge in [-0.15, -0.1) is 0 Å². The monoisotopic (exact) mass is 336 g/mol. The summed E-state index contributed by atoms with van der Waals surface area (Å²) in [7, 11) is 0. The second-order valence-corrected chi connectivity index (χ2v) is 8.00. The van der Waals surface area contributed by atoms with Crippen LogP contribution in [0.3, 0.4) is 0 Å². The lowest BCUT2D eigenvalue weighted by molar-refractivity contribution is 0.0467. The molecule has 0 radical (unpaired) electrons. The lowest BCUT2D eigenvalue weighted by Crippen LogP contribution is -2.61. The molecule has 3 nitrogen and oxygen atoms in total.